The van der Waals surface area contributed by atoms with Gasteiger partial charge in [-0.15, -0.1) is 0 Å². The lowest BCUT2D eigenvalue weighted by molar-refractivity contribution is 0.0731. The van der Waals surface area contributed by atoms with Gasteiger partial charge in [0.25, 0.3) is 0 Å². The minimum atomic E-state index is -0.878. The summed E-state index contributed by atoms with van der Waals surface area (Å²) in [6.45, 7) is 0. The van der Waals surface area contributed by atoms with Crippen molar-refractivity contribution in [2.24, 2.45) is 5.73 Å². The molecule has 0 aromatic heterocycles. The largest absolute Gasteiger partial charge is 0.496 e. The molecule has 2 N–H and O–H groups in total. The average molecular weight is 451 g/mol. The predicted molar refractivity (Wildman–Crippen MR) is 115 cm³/mol. The van der Waals surface area contributed by atoms with Gasteiger partial charge in [0, 0.05) is 22.2 Å². The fraction of sp³-hybridized carbons (Fsp3) is 0.0833. The van der Waals surface area contributed by atoms with Gasteiger partial charge < -0.3 is 19.9 Å². The molecular formula is C24H16ClFN2O4. The normalized spacial score (nSPS) is 14.8. The maximum Gasteiger partial charge on any atom is 0.347 e. The number of carbonyl (C=O) groups is 1. The Balaban J connectivity index is 1.74. The van der Waals surface area contributed by atoms with Gasteiger partial charge in [-0.2, -0.15) is 5.26 Å². The summed E-state index contributed by atoms with van der Waals surface area (Å²) < 4.78 is 30.9. The molecule has 160 valence electrons. The molecule has 8 heteroatoms. The number of hydrogen-bond donors (Lipinski definition) is 1. The summed E-state index contributed by atoms with van der Waals surface area (Å²) in [6.07, 6.45) is 0. The highest BCUT2D eigenvalue weighted by molar-refractivity contribution is 6.31. The first-order valence-corrected chi connectivity index (χ1v) is 9.83. The molecule has 0 aliphatic carbocycles. The Morgan fingerprint density at radius 1 is 1.19 bits per heavy atom. The lowest BCUT2D eigenvalue weighted by atomic mass is 9.83. The van der Waals surface area contributed by atoms with Crippen molar-refractivity contribution in [3.05, 3.63) is 99.7 Å². The number of benzene rings is 3. The number of ether oxygens (including phenoxy) is 3. The molecule has 0 radical (unpaired) electrons. The Labute approximate surface area is 188 Å². The van der Waals surface area contributed by atoms with Crippen LogP contribution >= 0.6 is 11.6 Å². The van der Waals surface area contributed by atoms with Gasteiger partial charge in [0.15, 0.2) is 0 Å². The lowest BCUT2D eigenvalue weighted by Gasteiger charge is -2.27. The Kier molecular flexibility index (Phi) is 5.71. The third-order valence-corrected chi connectivity index (χ3v) is 5.35. The summed E-state index contributed by atoms with van der Waals surface area (Å²) in [7, 11) is 1.45. The topological polar surface area (TPSA) is 94.6 Å². The molecule has 1 heterocycles. The van der Waals surface area contributed by atoms with E-state index in [0.717, 1.165) is 0 Å². The molecule has 6 nitrogen and oxygen atoms in total. The lowest BCUT2D eigenvalue weighted by Crippen LogP contribution is -2.22. The van der Waals surface area contributed by atoms with E-state index in [0.29, 0.717) is 11.3 Å². The number of halogens is 2. The summed E-state index contributed by atoms with van der Waals surface area (Å²) in [5.41, 5.74) is 6.80. The fourth-order valence-electron chi connectivity index (χ4n) is 3.56. The summed E-state index contributed by atoms with van der Waals surface area (Å²) >= 11 is 6.26. The number of esters is 1. The highest BCUT2D eigenvalue weighted by atomic mass is 35.5. The molecule has 0 amide bonds. The van der Waals surface area contributed by atoms with Gasteiger partial charge in [-0.25, -0.2) is 9.18 Å². The maximum absolute atomic E-state index is 14.7. The van der Waals surface area contributed by atoms with Crippen molar-refractivity contribution >= 4 is 17.6 Å². The highest BCUT2D eigenvalue weighted by Crippen LogP contribution is 2.46. The van der Waals surface area contributed by atoms with Crippen molar-refractivity contribution in [1.82, 2.24) is 0 Å². The number of rotatable bonds is 4. The number of nitriles is 1. The van der Waals surface area contributed by atoms with E-state index in [2.05, 4.69) is 0 Å². The van der Waals surface area contributed by atoms with Crippen LogP contribution in [0.3, 0.4) is 0 Å². The second-order valence-corrected chi connectivity index (χ2v) is 7.26. The van der Waals surface area contributed by atoms with Crippen molar-refractivity contribution < 1.29 is 23.4 Å². The Bertz CT molecular complexity index is 1280. The highest BCUT2D eigenvalue weighted by Gasteiger charge is 2.34. The minimum absolute atomic E-state index is 0.0308. The molecule has 0 bridgehead atoms. The third-order valence-electron chi connectivity index (χ3n) is 5.02. The van der Waals surface area contributed by atoms with E-state index < -0.39 is 17.7 Å². The predicted octanol–water partition coefficient (Wildman–Crippen LogP) is 4.93. The molecule has 1 aliphatic rings. The van der Waals surface area contributed by atoms with Crippen LogP contribution in [0.4, 0.5) is 4.39 Å². The van der Waals surface area contributed by atoms with Crippen LogP contribution < -0.4 is 19.9 Å². The van der Waals surface area contributed by atoms with Crippen LogP contribution in [0.1, 0.15) is 27.4 Å². The summed E-state index contributed by atoms with van der Waals surface area (Å²) in [5.74, 6) is -1.51. The Morgan fingerprint density at radius 3 is 2.69 bits per heavy atom. The second kappa shape index (κ2) is 8.61. The average Bonchev–Trinajstić information content (AvgIpc) is 2.78. The van der Waals surface area contributed by atoms with Crippen molar-refractivity contribution in [3.8, 4) is 23.3 Å². The molecule has 0 unspecified atom stereocenters. The van der Waals surface area contributed by atoms with Crippen molar-refractivity contribution in [2.45, 2.75) is 5.92 Å². The van der Waals surface area contributed by atoms with E-state index >= 15 is 0 Å². The molecular weight excluding hydrogens is 435 g/mol. The van der Waals surface area contributed by atoms with Gasteiger partial charge in [0.1, 0.15) is 40.3 Å². The Morgan fingerprint density at radius 2 is 1.97 bits per heavy atom. The number of para-hydroxylation sites is 1. The zero-order valence-electron chi connectivity index (χ0n) is 16.8. The first kappa shape index (κ1) is 21.2. The molecule has 0 fully saturated rings. The molecule has 3 aromatic carbocycles. The van der Waals surface area contributed by atoms with E-state index in [1.54, 1.807) is 30.3 Å². The van der Waals surface area contributed by atoms with Gasteiger partial charge in [-0.3, -0.25) is 0 Å². The number of nitrogens with two attached hydrogens (primary N) is 1. The molecule has 4 rings (SSSR count). The molecule has 1 aliphatic heterocycles. The van der Waals surface area contributed by atoms with Crippen molar-refractivity contribution in [1.29, 1.82) is 5.26 Å². The van der Waals surface area contributed by atoms with E-state index in [-0.39, 0.29) is 39.1 Å². The first-order chi connectivity index (χ1) is 15.4. The van der Waals surface area contributed by atoms with Gasteiger partial charge in [0.05, 0.1) is 13.0 Å². The molecule has 0 spiro atoms. The van der Waals surface area contributed by atoms with E-state index in [1.807, 2.05) is 6.07 Å². The van der Waals surface area contributed by atoms with Crippen LogP contribution in [0.25, 0.3) is 0 Å². The quantitative estimate of drug-likeness (QED) is 0.447. The fourth-order valence-corrected chi connectivity index (χ4v) is 3.83. The SMILES string of the molecule is COc1ccccc1C(=O)Oc1ccc2c(c1)OC(N)=C(C#N)[C@@H]2c1c(F)cccc1Cl. The van der Waals surface area contributed by atoms with E-state index in [9.17, 15) is 14.4 Å². The standard InChI is InChI=1S/C24H16ClFN2O4/c1-30-19-8-3-2-5-15(19)24(29)31-13-9-10-14-20(11-13)32-23(28)16(12-27)21(14)22-17(25)6-4-7-18(22)26/h2-11,21H,28H2,1H3/t21-/m1/s1. The smallest absolute Gasteiger partial charge is 0.347 e. The van der Waals surface area contributed by atoms with E-state index in [1.165, 1.54) is 37.4 Å². The third kappa shape index (κ3) is 3.72. The zero-order chi connectivity index (χ0) is 22.8. The van der Waals surface area contributed by atoms with Crippen LogP contribution in [-0.4, -0.2) is 13.1 Å². The number of allylic oxidation sites excluding steroid dienone is 1. The monoisotopic (exact) mass is 450 g/mol. The van der Waals surface area contributed by atoms with Gasteiger partial charge in [-0.05, 0) is 30.3 Å². The first-order valence-electron chi connectivity index (χ1n) is 9.45. The molecule has 0 saturated carbocycles. The summed E-state index contributed by atoms with van der Waals surface area (Å²) in [4.78, 5) is 12.6. The van der Waals surface area contributed by atoms with Crippen LogP contribution in [0.2, 0.25) is 5.02 Å². The van der Waals surface area contributed by atoms with Crippen LogP contribution in [0.5, 0.6) is 17.2 Å². The number of carbonyl (C=O) groups excluding carboxylic acids is 1. The number of fused-ring (bicyclic) bond motifs is 1. The van der Waals surface area contributed by atoms with Gasteiger partial charge >= 0.3 is 5.97 Å². The number of nitrogens with zero attached hydrogens (tertiary/aromatic N) is 1. The van der Waals surface area contributed by atoms with Crippen LogP contribution in [-0.2, 0) is 0 Å². The maximum atomic E-state index is 14.7. The summed E-state index contributed by atoms with van der Waals surface area (Å²) in [5, 5.41) is 9.78. The van der Waals surface area contributed by atoms with Crippen LogP contribution in [0.15, 0.2) is 72.1 Å². The number of methoxy groups -OCH3 is 1. The molecule has 1 atom stereocenters. The Hall–Kier alpha value is -4.02. The minimum Gasteiger partial charge on any atom is -0.496 e. The molecule has 32 heavy (non-hydrogen) atoms. The second-order valence-electron chi connectivity index (χ2n) is 6.85. The van der Waals surface area contributed by atoms with Gasteiger partial charge in [-0.1, -0.05) is 35.9 Å². The van der Waals surface area contributed by atoms with Crippen molar-refractivity contribution in [2.75, 3.05) is 7.11 Å². The number of hydrogen-bond acceptors (Lipinski definition) is 6. The van der Waals surface area contributed by atoms with Crippen LogP contribution in [0, 0.1) is 17.1 Å². The summed E-state index contributed by atoms with van der Waals surface area (Å²) in [6, 6.07) is 17.4. The van der Waals surface area contributed by atoms with Crippen molar-refractivity contribution in [3.63, 3.8) is 0 Å². The molecule has 0 saturated heterocycles. The molecule has 3 aromatic rings. The van der Waals surface area contributed by atoms with Gasteiger partial charge in [0.2, 0.25) is 5.88 Å². The zero-order valence-corrected chi connectivity index (χ0v) is 17.5. The van der Waals surface area contributed by atoms with E-state index in [4.69, 9.17) is 31.5 Å².